The third-order valence-electron chi connectivity index (χ3n) is 3.64. The van der Waals surface area contributed by atoms with Crippen LogP contribution in [0.4, 0.5) is 0 Å². The third kappa shape index (κ3) is 1.02. The van der Waals surface area contributed by atoms with E-state index in [0.29, 0.717) is 5.95 Å². The lowest BCUT2D eigenvalue weighted by Gasteiger charge is -2.25. The Morgan fingerprint density at radius 3 is 3.00 bits per heavy atom. The van der Waals surface area contributed by atoms with Gasteiger partial charge in [-0.15, -0.1) is 0 Å². The first kappa shape index (κ1) is 9.71. The SMILES string of the molecule is COC1=c2ccc3c4c2C(C=CC4=CC=3)C(=O)O1. The zero-order chi connectivity index (χ0) is 12.3. The molecule has 4 rings (SSSR count). The van der Waals surface area contributed by atoms with Crippen LogP contribution < -0.4 is 10.4 Å². The number of rotatable bonds is 1. The Balaban J connectivity index is 2.21. The van der Waals surface area contributed by atoms with Crippen LogP contribution in [-0.4, -0.2) is 13.1 Å². The maximum Gasteiger partial charge on any atom is 0.325 e. The Kier molecular flexibility index (Phi) is 1.69. The van der Waals surface area contributed by atoms with Gasteiger partial charge in [0.2, 0.25) is 0 Å². The standard InChI is InChI=1S/C15H10O3/c1-17-15-11-7-5-9-3-2-8-4-6-10(14(16)18-15)13(11)12(8)9/h2-7,10H,1H3. The third-order valence-corrected chi connectivity index (χ3v) is 3.64. The van der Waals surface area contributed by atoms with Crippen molar-refractivity contribution in [2.75, 3.05) is 7.11 Å². The molecule has 3 nitrogen and oxygen atoms in total. The van der Waals surface area contributed by atoms with E-state index in [9.17, 15) is 4.79 Å². The number of hydrogen-bond donors (Lipinski definition) is 0. The molecule has 1 aromatic rings. The molecule has 0 radical (unpaired) electrons. The summed E-state index contributed by atoms with van der Waals surface area (Å²) in [6.07, 6.45) is 8.03. The number of esters is 1. The predicted molar refractivity (Wildman–Crippen MR) is 66.5 cm³/mol. The number of hydrogen-bond acceptors (Lipinski definition) is 3. The van der Waals surface area contributed by atoms with Crippen LogP contribution in [0.1, 0.15) is 17.0 Å². The highest BCUT2D eigenvalue weighted by Gasteiger charge is 2.34. The maximum atomic E-state index is 12.0. The largest absolute Gasteiger partial charge is 0.468 e. The van der Waals surface area contributed by atoms with Crippen LogP contribution in [0, 0.1) is 0 Å². The Bertz CT molecular complexity index is 766. The molecule has 2 aliphatic carbocycles. The van der Waals surface area contributed by atoms with Crippen LogP contribution in [0.2, 0.25) is 0 Å². The van der Waals surface area contributed by atoms with E-state index in [1.54, 1.807) is 0 Å². The first-order chi connectivity index (χ1) is 8.79. The summed E-state index contributed by atoms with van der Waals surface area (Å²) < 4.78 is 10.4. The van der Waals surface area contributed by atoms with E-state index < -0.39 is 0 Å². The van der Waals surface area contributed by atoms with Crippen LogP contribution in [-0.2, 0) is 14.3 Å². The van der Waals surface area contributed by atoms with Gasteiger partial charge < -0.3 is 9.47 Å². The second kappa shape index (κ2) is 3.13. The van der Waals surface area contributed by atoms with Crippen molar-refractivity contribution in [1.82, 2.24) is 0 Å². The molecule has 1 atom stereocenters. The molecule has 0 aromatic heterocycles. The van der Waals surface area contributed by atoms with E-state index in [-0.39, 0.29) is 11.9 Å². The Morgan fingerprint density at radius 2 is 2.17 bits per heavy atom. The van der Waals surface area contributed by atoms with Crippen molar-refractivity contribution in [3.05, 3.63) is 51.9 Å². The van der Waals surface area contributed by atoms with Gasteiger partial charge in [-0.2, -0.15) is 0 Å². The molecule has 1 aromatic carbocycles. The monoisotopic (exact) mass is 238 g/mol. The van der Waals surface area contributed by atoms with E-state index in [2.05, 4.69) is 12.2 Å². The van der Waals surface area contributed by atoms with Gasteiger partial charge in [0.15, 0.2) is 0 Å². The summed E-state index contributed by atoms with van der Waals surface area (Å²) in [5, 5.41) is 2.04. The van der Waals surface area contributed by atoms with Crippen molar-refractivity contribution in [2.45, 2.75) is 5.92 Å². The van der Waals surface area contributed by atoms with Crippen molar-refractivity contribution in [3.63, 3.8) is 0 Å². The topological polar surface area (TPSA) is 35.5 Å². The van der Waals surface area contributed by atoms with Gasteiger partial charge in [-0.3, -0.25) is 4.79 Å². The second-order valence-corrected chi connectivity index (χ2v) is 4.53. The van der Waals surface area contributed by atoms with E-state index in [1.165, 1.54) is 7.11 Å². The molecular weight excluding hydrogens is 228 g/mol. The molecule has 0 N–H and O–H groups in total. The number of carbonyl (C=O) groups excluding carboxylic acids is 1. The van der Waals surface area contributed by atoms with Crippen molar-refractivity contribution >= 4 is 23.6 Å². The second-order valence-electron chi connectivity index (χ2n) is 4.53. The summed E-state index contributed by atoms with van der Waals surface area (Å²) in [5.41, 5.74) is 3.32. The number of allylic oxidation sites excluding steroid dienone is 3. The fourth-order valence-electron chi connectivity index (χ4n) is 2.85. The van der Waals surface area contributed by atoms with E-state index in [4.69, 9.17) is 9.47 Å². The minimum absolute atomic E-state index is 0.269. The average molecular weight is 238 g/mol. The number of carbonyl (C=O) groups is 1. The van der Waals surface area contributed by atoms with Gasteiger partial charge in [0.1, 0.15) is 5.92 Å². The van der Waals surface area contributed by atoms with Crippen LogP contribution in [0.15, 0.2) is 30.4 Å². The maximum absolute atomic E-state index is 12.0. The van der Waals surface area contributed by atoms with E-state index in [0.717, 1.165) is 27.1 Å². The molecule has 0 spiro atoms. The van der Waals surface area contributed by atoms with Crippen LogP contribution in [0.3, 0.4) is 0 Å². The first-order valence-electron chi connectivity index (χ1n) is 5.83. The molecule has 1 unspecified atom stereocenters. The zero-order valence-electron chi connectivity index (χ0n) is 9.77. The molecule has 0 saturated heterocycles. The van der Waals surface area contributed by atoms with Gasteiger partial charge in [0, 0.05) is 0 Å². The van der Waals surface area contributed by atoms with E-state index >= 15 is 0 Å². The summed E-state index contributed by atoms with van der Waals surface area (Å²) in [6.45, 7) is 0. The highest BCUT2D eigenvalue weighted by atomic mass is 16.7. The molecule has 0 bridgehead atoms. The van der Waals surface area contributed by atoms with Gasteiger partial charge in [-0.05, 0) is 28.0 Å². The molecule has 0 saturated carbocycles. The quantitative estimate of drug-likeness (QED) is 0.678. The van der Waals surface area contributed by atoms with E-state index in [1.807, 2.05) is 24.3 Å². The minimum atomic E-state index is -0.308. The summed E-state index contributed by atoms with van der Waals surface area (Å²) in [7, 11) is 1.52. The molecule has 3 aliphatic rings. The molecule has 0 fully saturated rings. The molecule has 1 aliphatic heterocycles. The summed E-state index contributed by atoms with van der Waals surface area (Å²) in [5.74, 6) is -0.275. The first-order valence-corrected chi connectivity index (χ1v) is 5.83. The average Bonchev–Trinajstić information content (AvgIpc) is 2.82. The van der Waals surface area contributed by atoms with Crippen LogP contribution in [0.5, 0.6) is 0 Å². The molecule has 88 valence electrons. The van der Waals surface area contributed by atoms with Gasteiger partial charge in [0.25, 0.3) is 5.95 Å². The lowest BCUT2D eigenvalue weighted by atomic mass is 9.83. The lowest BCUT2D eigenvalue weighted by Crippen LogP contribution is -2.34. The fourth-order valence-corrected chi connectivity index (χ4v) is 2.85. The molecule has 18 heavy (non-hydrogen) atoms. The Labute approximate surface area is 103 Å². The highest BCUT2D eigenvalue weighted by molar-refractivity contribution is 5.95. The lowest BCUT2D eigenvalue weighted by molar-refractivity contribution is -0.140. The number of cyclic esters (lactones) is 1. The van der Waals surface area contributed by atoms with Crippen LogP contribution in [0.25, 0.3) is 17.6 Å². The van der Waals surface area contributed by atoms with Crippen molar-refractivity contribution in [3.8, 4) is 0 Å². The Hall–Kier alpha value is -2.29. The van der Waals surface area contributed by atoms with Gasteiger partial charge in [-0.25, -0.2) is 0 Å². The van der Waals surface area contributed by atoms with Crippen LogP contribution >= 0.6 is 0 Å². The normalized spacial score (nSPS) is 22.1. The smallest absolute Gasteiger partial charge is 0.325 e. The van der Waals surface area contributed by atoms with Gasteiger partial charge in [-0.1, -0.05) is 30.4 Å². The number of benzene rings is 1. The van der Waals surface area contributed by atoms with Gasteiger partial charge in [0.05, 0.1) is 12.3 Å². The molecule has 1 heterocycles. The summed E-state index contributed by atoms with van der Waals surface area (Å²) >= 11 is 0. The van der Waals surface area contributed by atoms with Crippen molar-refractivity contribution < 1.29 is 14.3 Å². The van der Waals surface area contributed by atoms with Crippen molar-refractivity contribution in [1.29, 1.82) is 0 Å². The van der Waals surface area contributed by atoms with Crippen molar-refractivity contribution in [2.24, 2.45) is 0 Å². The fraction of sp³-hybridized carbons (Fsp3) is 0.133. The Morgan fingerprint density at radius 1 is 1.28 bits per heavy atom. The minimum Gasteiger partial charge on any atom is -0.468 e. The molecular formula is C15H10O3. The van der Waals surface area contributed by atoms with Gasteiger partial charge >= 0.3 is 5.97 Å². The predicted octanol–water partition coefficient (Wildman–Crippen LogP) is 0.786. The highest BCUT2D eigenvalue weighted by Crippen LogP contribution is 2.34. The summed E-state index contributed by atoms with van der Waals surface area (Å²) in [6, 6.07) is 3.99. The number of methoxy groups -OCH3 is 1. The zero-order valence-corrected chi connectivity index (χ0v) is 9.77. The molecule has 3 heteroatoms. The molecule has 0 amide bonds. The number of ether oxygens (including phenoxy) is 2. The summed E-state index contributed by atoms with van der Waals surface area (Å²) in [4.78, 5) is 12.0.